The van der Waals surface area contributed by atoms with E-state index in [0.717, 1.165) is 24.0 Å². The lowest BCUT2D eigenvalue weighted by Crippen LogP contribution is -2.40. The zero-order chi connectivity index (χ0) is 20.4. The number of hydrogen-bond acceptors (Lipinski definition) is 4. The van der Waals surface area contributed by atoms with Gasteiger partial charge in [0.15, 0.2) is 0 Å². The molecule has 3 aromatic rings. The van der Waals surface area contributed by atoms with Gasteiger partial charge in [0, 0.05) is 29.6 Å². The number of hydrogen-bond donors (Lipinski definition) is 1. The lowest BCUT2D eigenvalue weighted by atomic mass is 9.97. The number of benzene rings is 2. The lowest BCUT2D eigenvalue weighted by molar-refractivity contribution is 0.187. The van der Waals surface area contributed by atoms with E-state index < -0.39 is 0 Å². The zero-order valence-corrected chi connectivity index (χ0v) is 17.4. The van der Waals surface area contributed by atoms with Gasteiger partial charge in [0.05, 0.1) is 10.7 Å². The normalized spacial score (nSPS) is 14.8. The van der Waals surface area contributed by atoms with Crippen LogP contribution in [-0.4, -0.2) is 34.2 Å². The van der Waals surface area contributed by atoms with Crippen LogP contribution in [0.3, 0.4) is 0 Å². The maximum Gasteiger partial charge on any atom is 0.321 e. The van der Waals surface area contributed by atoms with Crippen LogP contribution < -0.4 is 5.32 Å². The molecule has 2 aromatic carbocycles. The quantitative estimate of drug-likeness (QED) is 0.572. The molecule has 8 heteroatoms. The van der Waals surface area contributed by atoms with Crippen molar-refractivity contribution in [2.45, 2.75) is 25.7 Å². The number of amides is 2. The van der Waals surface area contributed by atoms with Crippen molar-refractivity contribution in [2.24, 2.45) is 0 Å². The Labute approximate surface area is 178 Å². The molecule has 1 fully saturated rings. The second-order valence-corrected chi connectivity index (χ2v) is 7.98. The van der Waals surface area contributed by atoms with Gasteiger partial charge in [0.2, 0.25) is 11.7 Å². The van der Waals surface area contributed by atoms with E-state index in [1.165, 1.54) is 0 Å². The van der Waals surface area contributed by atoms with Gasteiger partial charge >= 0.3 is 6.03 Å². The molecule has 150 valence electrons. The summed E-state index contributed by atoms with van der Waals surface area (Å²) in [5.41, 5.74) is 2.63. The van der Waals surface area contributed by atoms with Crippen molar-refractivity contribution in [3.63, 3.8) is 0 Å². The smallest absolute Gasteiger partial charge is 0.321 e. The van der Waals surface area contributed by atoms with E-state index >= 15 is 0 Å². The molecular weight excluding hydrogens is 411 g/mol. The van der Waals surface area contributed by atoms with Gasteiger partial charge in [-0.15, -0.1) is 0 Å². The Hall–Kier alpha value is -2.57. The molecule has 0 unspecified atom stereocenters. The first kappa shape index (κ1) is 19.7. The van der Waals surface area contributed by atoms with E-state index in [9.17, 15) is 4.79 Å². The number of nitrogens with zero attached hydrogens (tertiary/aromatic N) is 3. The minimum atomic E-state index is -0.182. The van der Waals surface area contributed by atoms with Gasteiger partial charge in [-0.25, -0.2) is 4.79 Å². The molecule has 0 aliphatic carbocycles. The minimum Gasteiger partial charge on any atom is -0.339 e. The van der Waals surface area contributed by atoms with E-state index in [1.807, 2.05) is 31.2 Å². The van der Waals surface area contributed by atoms with Crippen molar-refractivity contribution in [3.05, 3.63) is 64.0 Å². The van der Waals surface area contributed by atoms with Crippen LogP contribution in [-0.2, 0) is 0 Å². The van der Waals surface area contributed by atoms with E-state index in [0.29, 0.717) is 40.5 Å². The predicted octanol–water partition coefficient (Wildman–Crippen LogP) is 5.76. The summed E-state index contributed by atoms with van der Waals surface area (Å²) in [6.45, 7) is 3.23. The Morgan fingerprint density at radius 3 is 2.69 bits per heavy atom. The number of carbonyl (C=O) groups excluding carboxylic acids is 1. The summed E-state index contributed by atoms with van der Waals surface area (Å²) in [6.07, 6.45) is 1.52. The second-order valence-electron chi connectivity index (χ2n) is 7.14. The Bertz CT molecular complexity index is 1030. The van der Waals surface area contributed by atoms with E-state index in [4.69, 9.17) is 27.7 Å². The highest BCUT2D eigenvalue weighted by Gasteiger charge is 2.28. The molecule has 1 aliphatic heterocycles. The average Bonchev–Trinajstić information content (AvgIpc) is 3.20. The summed E-state index contributed by atoms with van der Waals surface area (Å²) < 4.78 is 5.51. The van der Waals surface area contributed by atoms with E-state index in [1.54, 1.807) is 23.1 Å². The van der Waals surface area contributed by atoms with Crippen molar-refractivity contribution in [1.29, 1.82) is 0 Å². The van der Waals surface area contributed by atoms with Gasteiger partial charge in [-0.3, -0.25) is 0 Å². The van der Waals surface area contributed by atoms with Crippen LogP contribution in [0, 0.1) is 6.92 Å². The first-order valence-electron chi connectivity index (χ1n) is 9.41. The molecule has 1 aromatic heterocycles. The first-order valence-corrected chi connectivity index (χ1v) is 10.2. The third-order valence-electron chi connectivity index (χ3n) is 5.02. The standard InChI is InChI=1S/C21H20Cl2N4O2/c1-13-3-2-4-15(11-13)19-25-20(29-26-19)14-7-9-27(10-8-14)21(28)24-18-6-5-16(22)12-17(18)23/h2-6,11-12,14H,7-10H2,1H3,(H,24,28). The second kappa shape index (κ2) is 8.43. The van der Waals surface area contributed by atoms with Crippen molar-refractivity contribution in [1.82, 2.24) is 15.0 Å². The number of halogens is 2. The number of nitrogens with one attached hydrogen (secondary N) is 1. The number of aromatic nitrogens is 2. The summed E-state index contributed by atoms with van der Waals surface area (Å²) in [4.78, 5) is 18.9. The minimum absolute atomic E-state index is 0.143. The monoisotopic (exact) mass is 430 g/mol. The average molecular weight is 431 g/mol. The zero-order valence-electron chi connectivity index (χ0n) is 15.9. The van der Waals surface area contributed by atoms with Crippen LogP contribution in [0.25, 0.3) is 11.4 Å². The van der Waals surface area contributed by atoms with E-state index in [2.05, 4.69) is 15.5 Å². The Morgan fingerprint density at radius 2 is 1.97 bits per heavy atom. The molecule has 4 rings (SSSR count). The molecule has 6 nitrogen and oxygen atoms in total. The van der Waals surface area contributed by atoms with Gasteiger partial charge in [-0.2, -0.15) is 4.98 Å². The molecule has 1 saturated heterocycles. The van der Waals surface area contributed by atoms with Crippen molar-refractivity contribution in [3.8, 4) is 11.4 Å². The van der Waals surface area contributed by atoms with Crippen molar-refractivity contribution >= 4 is 34.9 Å². The molecule has 0 atom stereocenters. The summed E-state index contributed by atoms with van der Waals surface area (Å²) in [5, 5.41) is 7.90. The summed E-state index contributed by atoms with van der Waals surface area (Å²) >= 11 is 12.0. The van der Waals surface area contributed by atoms with Crippen LogP contribution in [0.2, 0.25) is 10.0 Å². The van der Waals surface area contributed by atoms with E-state index in [-0.39, 0.29) is 11.9 Å². The molecule has 29 heavy (non-hydrogen) atoms. The summed E-state index contributed by atoms with van der Waals surface area (Å²) in [7, 11) is 0. The van der Waals surface area contributed by atoms with Crippen LogP contribution in [0.1, 0.15) is 30.2 Å². The first-order chi connectivity index (χ1) is 14.0. The molecule has 0 bridgehead atoms. The van der Waals surface area contributed by atoms with Crippen LogP contribution in [0.15, 0.2) is 47.0 Å². The lowest BCUT2D eigenvalue weighted by Gasteiger charge is -2.30. The maximum atomic E-state index is 12.5. The third kappa shape index (κ3) is 4.54. The summed E-state index contributed by atoms with van der Waals surface area (Å²) in [5.74, 6) is 1.37. The number of anilines is 1. The van der Waals surface area contributed by atoms with Gasteiger partial charge in [-0.1, -0.05) is 52.1 Å². The van der Waals surface area contributed by atoms with Crippen LogP contribution >= 0.6 is 23.2 Å². The number of likely N-dealkylation sites (tertiary alicyclic amines) is 1. The highest BCUT2D eigenvalue weighted by Crippen LogP contribution is 2.30. The molecule has 1 N–H and O–H groups in total. The van der Waals surface area contributed by atoms with Crippen molar-refractivity contribution < 1.29 is 9.32 Å². The fourth-order valence-electron chi connectivity index (χ4n) is 3.42. The number of urea groups is 1. The topological polar surface area (TPSA) is 71.3 Å². The summed E-state index contributed by atoms with van der Waals surface area (Å²) in [6, 6.07) is 12.8. The van der Waals surface area contributed by atoms with Crippen LogP contribution in [0.4, 0.5) is 10.5 Å². The fourth-order valence-corrected chi connectivity index (χ4v) is 3.87. The Balaban J connectivity index is 1.36. The van der Waals surface area contributed by atoms with Gasteiger partial charge in [0.25, 0.3) is 0 Å². The Morgan fingerprint density at radius 1 is 1.17 bits per heavy atom. The van der Waals surface area contributed by atoms with Gasteiger partial charge in [0.1, 0.15) is 0 Å². The molecule has 2 heterocycles. The fraction of sp³-hybridized carbons (Fsp3) is 0.286. The molecule has 0 spiro atoms. The Kier molecular flexibility index (Phi) is 5.74. The maximum absolute atomic E-state index is 12.5. The number of piperidine rings is 1. The van der Waals surface area contributed by atoms with Gasteiger partial charge in [-0.05, 0) is 44.0 Å². The van der Waals surface area contributed by atoms with Crippen molar-refractivity contribution in [2.75, 3.05) is 18.4 Å². The SMILES string of the molecule is Cc1cccc(-c2noc(C3CCN(C(=O)Nc4ccc(Cl)cc4Cl)CC3)n2)c1. The molecular formula is C21H20Cl2N4O2. The van der Waals surface area contributed by atoms with Crippen LogP contribution in [0.5, 0.6) is 0 Å². The third-order valence-corrected chi connectivity index (χ3v) is 5.57. The number of carbonyl (C=O) groups is 1. The highest BCUT2D eigenvalue weighted by molar-refractivity contribution is 6.36. The highest BCUT2D eigenvalue weighted by atomic mass is 35.5. The largest absolute Gasteiger partial charge is 0.339 e. The molecule has 0 saturated carbocycles. The molecule has 1 aliphatic rings. The number of aryl methyl sites for hydroxylation is 1. The van der Waals surface area contributed by atoms with Gasteiger partial charge < -0.3 is 14.7 Å². The molecule has 2 amide bonds. The number of rotatable bonds is 3. The molecule has 0 radical (unpaired) electrons. The predicted molar refractivity (Wildman–Crippen MR) is 113 cm³/mol.